The molecule has 0 spiro atoms. The van der Waals surface area contributed by atoms with Gasteiger partial charge < -0.3 is 10.1 Å². The lowest BCUT2D eigenvalue weighted by molar-refractivity contribution is 0.0697. The Morgan fingerprint density at radius 1 is 1.32 bits per heavy atom. The van der Waals surface area contributed by atoms with Gasteiger partial charge in [-0.15, -0.1) is 0 Å². The predicted octanol–water partition coefficient (Wildman–Crippen LogP) is 2.12. The van der Waals surface area contributed by atoms with Gasteiger partial charge >= 0.3 is 5.97 Å². The standard InChI is InChI=1S/C11H9IN2O4S/c12-8-3-7(11(15)16)4-9(5-8)14-19(17,18)10-1-2-13-6-10/h1-6,13-14H,(H,15,16). The number of carboxylic acids is 1. The van der Waals surface area contributed by atoms with Crippen LogP contribution in [0.25, 0.3) is 0 Å². The van der Waals surface area contributed by atoms with Gasteiger partial charge in [0.2, 0.25) is 0 Å². The molecule has 0 bridgehead atoms. The Labute approximate surface area is 123 Å². The van der Waals surface area contributed by atoms with Crippen LogP contribution in [0.15, 0.2) is 41.6 Å². The van der Waals surface area contributed by atoms with Crippen LogP contribution in [-0.4, -0.2) is 24.5 Å². The average molecular weight is 392 g/mol. The van der Waals surface area contributed by atoms with Gasteiger partial charge in [-0.25, -0.2) is 13.2 Å². The Kier molecular flexibility index (Phi) is 3.80. The summed E-state index contributed by atoms with van der Waals surface area (Å²) in [5, 5.41) is 8.93. The third-order valence-corrected chi connectivity index (χ3v) is 4.28. The van der Waals surface area contributed by atoms with Gasteiger partial charge in [-0.3, -0.25) is 4.72 Å². The Balaban J connectivity index is 2.37. The minimum absolute atomic E-state index is 0.0265. The van der Waals surface area contributed by atoms with E-state index >= 15 is 0 Å². The predicted molar refractivity (Wildman–Crippen MR) is 77.7 cm³/mol. The van der Waals surface area contributed by atoms with E-state index in [0.29, 0.717) is 3.57 Å². The number of aromatic amines is 1. The van der Waals surface area contributed by atoms with Crippen molar-refractivity contribution in [1.29, 1.82) is 0 Å². The summed E-state index contributed by atoms with van der Waals surface area (Å²) in [4.78, 5) is 13.6. The maximum Gasteiger partial charge on any atom is 0.335 e. The molecule has 2 aromatic rings. The number of aromatic nitrogens is 1. The van der Waals surface area contributed by atoms with Gasteiger partial charge in [-0.2, -0.15) is 0 Å². The number of aromatic carboxylic acids is 1. The fourth-order valence-corrected chi connectivity index (χ4v) is 3.15. The van der Waals surface area contributed by atoms with Crippen molar-refractivity contribution in [3.63, 3.8) is 0 Å². The molecule has 0 amide bonds. The fourth-order valence-electron chi connectivity index (χ4n) is 1.46. The van der Waals surface area contributed by atoms with E-state index in [0.717, 1.165) is 0 Å². The SMILES string of the molecule is O=C(O)c1cc(I)cc(NS(=O)(=O)c2cc[nH]c2)c1. The molecule has 0 atom stereocenters. The zero-order valence-corrected chi connectivity index (χ0v) is 12.4. The number of sulfonamides is 1. The van der Waals surface area contributed by atoms with Crippen LogP contribution in [0.2, 0.25) is 0 Å². The Morgan fingerprint density at radius 2 is 2.05 bits per heavy atom. The van der Waals surface area contributed by atoms with Crippen LogP contribution >= 0.6 is 22.6 Å². The summed E-state index contributed by atoms with van der Waals surface area (Å²) >= 11 is 1.93. The van der Waals surface area contributed by atoms with Crippen LogP contribution < -0.4 is 4.72 Å². The van der Waals surface area contributed by atoms with Gasteiger partial charge in [0.15, 0.2) is 0 Å². The lowest BCUT2D eigenvalue weighted by Crippen LogP contribution is -2.13. The molecule has 0 saturated carbocycles. The van der Waals surface area contributed by atoms with E-state index < -0.39 is 16.0 Å². The maximum atomic E-state index is 12.0. The number of anilines is 1. The van der Waals surface area contributed by atoms with E-state index in [-0.39, 0.29) is 16.1 Å². The van der Waals surface area contributed by atoms with Crippen LogP contribution in [-0.2, 0) is 10.0 Å². The Morgan fingerprint density at radius 3 is 2.63 bits per heavy atom. The third kappa shape index (κ3) is 3.26. The molecular weight excluding hydrogens is 383 g/mol. The molecular formula is C11H9IN2O4S. The number of nitrogens with one attached hydrogen (secondary N) is 2. The number of hydrogen-bond donors (Lipinski definition) is 3. The molecule has 2 rings (SSSR count). The van der Waals surface area contributed by atoms with Crippen LogP contribution in [0.1, 0.15) is 10.4 Å². The summed E-state index contributed by atoms with van der Waals surface area (Å²) in [6.45, 7) is 0. The lowest BCUT2D eigenvalue weighted by atomic mass is 10.2. The Bertz CT molecular complexity index is 710. The summed E-state index contributed by atoms with van der Waals surface area (Å²) in [6.07, 6.45) is 2.83. The minimum Gasteiger partial charge on any atom is -0.478 e. The monoisotopic (exact) mass is 392 g/mol. The highest BCUT2D eigenvalue weighted by molar-refractivity contribution is 14.1. The van der Waals surface area contributed by atoms with Gasteiger partial charge in [0, 0.05) is 16.0 Å². The molecule has 6 nitrogen and oxygen atoms in total. The second-order valence-electron chi connectivity index (χ2n) is 3.69. The van der Waals surface area contributed by atoms with E-state index in [4.69, 9.17) is 5.11 Å². The van der Waals surface area contributed by atoms with Gasteiger partial charge in [0.05, 0.1) is 11.3 Å². The number of benzene rings is 1. The van der Waals surface area contributed by atoms with Crippen molar-refractivity contribution in [3.8, 4) is 0 Å². The molecule has 0 aliphatic rings. The smallest absolute Gasteiger partial charge is 0.335 e. The lowest BCUT2D eigenvalue weighted by Gasteiger charge is -2.08. The van der Waals surface area contributed by atoms with Crippen molar-refractivity contribution in [3.05, 3.63) is 45.8 Å². The minimum atomic E-state index is -3.71. The van der Waals surface area contributed by atoms with Crippen LogP contribution in [0.4, 0.5) is 5.69 Å². The third-order valence-electron chi connectivity index (χ3n) is 2.28. The molecule has 0 fully saturated rings. The first-order valence-corrected chi connectivity index (χ1v) is 7.64. The molecule has 0 aliphatic carbocycles. The fraction of sp³-hybridized carbons (Fsp3) is 0. The summed E-state index contributed by atoms with van der Waals surface area (Å²) in [6, 6.07) is 5.69. The largest absolute Gasteiger partial charge is 0.478 e. The molecule has 0 aliphatic heterocycles. The number of halogens is 1. The second-order valence-corrected chi connectivity index (χ2v) is 6.61. The molecule has 0 radical (unpaired) electrons. The number of carbonyl (C=O) groups is 1. The molecule has 0 unspecified atom stereocenters. The highest BCUT2D eigenvalue weighted by atomic mass is 127. The highest BCUT2D eigenvalue weighted by Crippen LogP contribution is 2.20. The zero-order chi connectivity index (χ0) is 14.0. The van der Waals surface area contributed by atoms with Crippen LogP contribution in [0.5, 0.6) is 0 Å². The highest BCUT2D eigenvalue weighted by Gasteiger charge is 2.15. The number of hydrogen-bond acceptors (Lipinski definition) is 3. The summed E-state index contributed by atoms with van der Waals surface area (Å²) in [5.74, 6) is -1.11. The summed E-state index contributed by atoms with van der Waals surface area (Å²) < 4.78 is 26.9. The first-order chi connectivity index (χ1) is 8.88. The number of rotatable bonds is 4. The Hall–Kier alpha value is -1.55. The van der Waals surface area contributed by atoms with Gasteiger partial charge in [0.1, 0.15) is 4.90 Å². The number of H-pyrrole nitrogens is 1. The summed E-state index contributed by atoms with van der Waals surface area (Å²) in [5.41, 5.74) is 0.240. The number of carboxylic acid groups (broad SMARTS) is 1. The van der Waals surface area contributed by atoms with E-state index in [9.17, 15) is 13.2 Å². The van der Waals surface area contributed by atoms with Crippen molar-refractivity contribution in [2.24, 2.45) is 0 Å². The topological polar surface area (TPSA) is 99.3 Å². The molecule has 1 aromatic carbocycles. The molecule has 100 valence electrons. The average Bonchev–Trinajstić information content (AvgIpc) is 2.81. The van der Waals surface area contributed by atoms with Crippen molar-refractivity contribution in [1.82, 2.24) is 4.98 Å². The normalized spacial score (nSPS) is 11.2. The molecule has 8 heteroatoms. The maximum absolute atomic E-state index is 12.0. The van der Waals surface area contributed by atoms with Crippen molar-refractivity contribution in [2.45, 2.75) is 4.90 Å². The quantitative estimate of drug-likeness (QED) is 0.695. The van der Waals surface area contributed by atoms with Crippen LogP contribution in [0.3, 0.4) is 0 Å². The van der Waals surface area contributed by atoms with E-state index in [1.54, 1.807) is 6.07 Å². The van der Waals surface area contributed by atoms with E-state index in [1.807, 2.05) is 22.6 Å². The molecule has 1 heterocycles. The summed E-state index contributed by atoms with van der Waals surface area (Å²) in [7, 11) is -3.71. The van der Waals surface area contributed by atoms with Gasteiger partial charge in [0.25, 0.3) is 10.0 Å². The first-order valence-electron chi connectivity index (χ1n) is 5.08. The zero-order valence-electron chi connectivity index (χ0n) is 9.42. The molecule has 19 heavy (non-hydrogen) atoms. The van der Waals surface area contributed by atoms with Gasteiger partial charge in [-0.1, -0.05) is 0 Å². The van der Waals surface area contributed by atoms with Gasteiger partial charge in [-0.05, 0) is 46.9 Å². The van der Waals surface area contributed by atoms with Crippen LogP contribution in [0, 0.1) is 3.57 Å². The molecule has 3 N–H and O–H groups in total. The van der Waals surface area contributed by atoms with Crippen molar-refractivity contribution < 1.29 is 18.3 Å². The molecule has 1 aromatic heterocycles. The van der Waals surface area contributed by atoms with E-state index in [1.165, 1.54) is 30.6 Å². The van der Waals surface area contributed by atoms with Crippen molar-refractivity contribution in [2.75, 3.05) is 4.72 Å². The first kappa shape index (κ1) is 13.9. The van der Waals surface area contributed by atoms with E-state index in [2.05, 4.69) is 9.71 Å². The van der Waals surface area contributed by atoms with Crippen molar-refractivity contribution >= 4 is 44.3 Å². The molecule has 0 saturated heterocycles. The second kappa shape index (κ2) is 5.21.